The topological polar surface area (TPSA) is 74.6 Å². The lowest BCUT2D eigenvalue weighted by Gasteiger charge is -2.62. The van der Waals surface area contributed by atoms with Gasteiger partial charge in [-0.3, -0.25) is 0 Å². The number of benzene rings is 1. The molecule has 10 atom stereocenters. The molecule has 0 bridgehead atoms. The van der Waals surface area contributed by atoms with Crippen molar-refractivity contribution in [2.45, 2.75) is 140 Å². The minimum atomic E-state index is -4.58. The average Bonchev–Trinajstić information content (AvgIpc) is 3.26. The van der Waals surface area contributed by atoms with Gasteiger partial charge in [0.1, 0.15) is 0 Å². The van der Waals surface area contributed by atoms with Gasteiger partial charge in [-0.05, 0) is 135 Å². The van der Waals surface area contributed by atoms with Gasteiger partial charge >= 0.3 is 6.18 Å². The number of aliphatic hydroxyl groups excluding tert-OH is 1. The van der Waals surface area contributed by atoms with Crippen LogP contribution < -0.4 is 0 Å². The van der Waals surface area contributed by atoms with Crippen LogP contribution in [0.4, 0.5) is 13.2 Å². The Kier molecular flexibility index (Phi) is 8.73. The lowest BCUT2D eigenvalue weighted by atomic mass is 9.43. The summed E-state index contributed by atoms with van der Waals surface area (Å²) in [6.07, 6.45) is 2.11. The van der Waals surface area contributed by atoms with Gasteiger partial charge in [-0.25, -0.2) is 8.42 Å². The maximum Gasteiger partial charge on any atom is 0.417 e. The van der Waals surface area contributed by atoms with Crippen molar-refractivity contribution in [2.75, 3.05) is 0 Å². The van der Waals surface area contributed by atoms with E-state index >= 15 is 0 Å². The van der Waals surface area contributed by atoms with Gasteiger partial charge in [-0.15, -0.1) is 0 Å². The summed E-state index contributed by atoms with van der Waals surface area (Å²) in [6, 6.07) is 8.60. The molecule has 4 saturated carbocycles. The van der Waals surface area contributed by atoms with Crippen molar-refractivity contribution in [3.05, 3.63) is 30.3 Å². The molecule has 0 heterocycles. The monoisotopic (exact) mass is 626 g/mol. The fourth-order valence-corrected chi connectivity index (χ4v) is 12.1. The number of sulfone groups is 1. The minimum Gasteiger partial charge on any atom is -0.393 e. The molecule has 4 aliphatic rings. The average molecular weight is 627 g/mol. The van der Waals surface area contributed by atoms with Gasteiger partial charge in [0.15, 0.2) is 15.4 Å². The highest BCUT2D eigenvalue weighted by molar-refractivity contribution is 7.92. The largest absolute Gasteiger partial charge is 0.417 e. The van der Waals surface area contributed by atoms with Crippen molar-refractivity contribution < 1.29 is 31.8 Å². The molecule has 0 radical (unpaired) electrons. The summed E-state index contributed by atoms with van der Waals surface area (Å²) in [7, 11) is -3.62. The normalized spacial score (nSPS) is 39.8. The molecule has 0 saturated heterocycles. The molecule has 4 fully saturated rings. The lowest BCUT2D eigenvalue weighted by Crippen LogP contribution is -2.59. The molecule has 2 N–H and O–H groups in total. The smallest absolute Gasteiger partial charge is 0.393 e. The summed E-state index contributed by atoms with van der Waals surface area (Å²) < 4.78 is 68.9. The molecule has 0 amide bonds. The highest BCUT2D eigenvalue weighted by Crippen LogP contribution is 2.69. The molecule has 4 nitrogen and oxygen atoms in total. The van der Waals surface area contributed by atoms with Gasteiger partial charge in [0.05, 0.1) is 16.2 Å². The van der Waals surface area contributed by atoms with E-state index in [9.17, 15) is 31.8 Å². The van der Waals surface area contributed by atoms with Crippen LogP contribution in [0.15, 0.2) is 35.2 Å². The van der Waals surface area contributed by atoms with Crippen molar-refractivity contribution in [2.24, 2.45) is 45.8 Å². The Morgan fingerprint density at radius 2 is 1.56 bits per heavy atom. The van der Waals surface area contributed by atoms with E-state index in [0.29, 0.717) is 41.4 Å². The first-order valence-electron chi connectivity index (χ1n) is 16.6. The van der Waals surface area contributed by atoms with E-state index in [4.69, 9.17) is 0 Å². The Morgan fingerprint density at radius 1 is 0.907 bits per heavy atom. The van der Waals surface area contributed by atoms with E-state index in [2.05, 4.69) is 13.8 Å². The number of rotatable bonds is 7. The number of fused-ring (bicyclic) bond motifs is 5. The number of hydrogen-bond acceptors (Lipinski definition) is 4. The molecule has 43 heavy (non-hydrogen) atoms. The first-order valence-corrected chi connectivity index (χ1v) is 18.1. The van der Waals surface area contributed by atoms with Crippen molar-refractivity contribution in [3.8, 4) is 0 Å². The molecule has 4 aliphatic carbocycles. The quantitative estimate of drug-likeness (QED) is 0.319. The van der Waals surface area contributed by atoms with E-state index in [0.717, 1.165) is 44.9 Å². The van der Waals surface area contributed by atoms with E-state index in [1.165, 1.54) is 0 Å². The molecule has 244 valence electrons. The zero-order chi connectivity index (χ0) is 31.6. The molecule has 0 aliphatic heterocycles. The molecule has 8 heteroatoms. The van der Waals surface area contributed by atoms with Crippen LogP contribution in [0.3, 0.4) is 0 Å². The van der Waals surface area contributed by atoms with Gasteiger partial charge in [0.2, 0.25) is 0 Å². The predicted molar refractivity (Wildman–Crippen MR) is 163 cm³/mol. The van der Waals surface area contributed by atoms with Crippen LogP contribution in [0.25, 0.3) is 0 Å². The van der Waals surface area contributed by atoms with Gasteiger partial charge < -0.3 is 10.2 Å². The minimum absolute atomic E-state index is 0.0927. The van der Waals surface area contributed by atoms with Crippen LogP contribution >= 0.6 is 0 Å². The van der Waals surface area contributed by atoms with Crippen LogP contribution in [0.5, 0.6) is 0 Å². The lowest BCUT2D eigenvalue weighted by molar-refractivity contribution is -0.290. The summed E-state index contributed by atoms with van der Waals surface area (Å²) in [5.74, 6) is 1.66. The van der Waals surface area contributed by atoms with E-state index in [1.54, 1.807) is 24.3 Å². The summed E-state index contributed by atoms with van der Waals surface area (Å²) in [5, 5.41) is 20.9. The second-order valence-corrected chi connectivity index (χ2v) is 18.6. The Bertz CT molecular complexity index is 1240. The fraction of sp³-hybridized carbons (Fsp3) is 0.829. The maximum absolute atomic E-state index is 13.8. The Balaban J connectivity index is 1.31. The van der Waals surface area contributed by atoms with E-state index in [1.807, 2.05) is 26.8 Å². The molecule has 0 spiro atoms. The van der Waals surface area contributed by atoms with E-state index in [-0.39, 0.29) is 36.0 Å². The number of aliphatic hydroxyl groups is 2. The van der Waals surface area contributed by atoms with E-state index < -0.39 is 38.4 Å². The van der Waals surface area contributed by atoms with Crippen molar-refractivity contribution in [1.82, 2.24) is 0 Å². The highest BCUT2D eigenvalue weighted by Gasteiger charge is 2.65. The molecule has 1 aromatic rings. The fourth-order valence-electron chi connectivity index (χ4n) is 10.3. The Morgan fingerprint density at radius 3 is 2.19 bits per heavy atom. The van der Waals surface area contributed by atoms with Gasteiger partial charge in [-0.2, -0.15) is 13.2 Å². The van der Waals surface area contributed by atoms with Crippen LogP contribution in [-0.4, -0.2) is 41.8 Å². The molecular weight excluding hydrogens is 573 g/mol. The maximum atomic E-state index is 13.8. The SMILES string of the molecule is CC(C)(C)C(O)CC(CCC1CCC2C3CCC4C[C@](O)(C(F)(F)F)CCC4(C)C3CCC12C)S(=O)(=O)c1ccccc1. The molecule has 9 unspecified atom stereocenters. The molecular formula is C35H53F3O4S. The number of halogens is 3. The Labute approximate surface area is 257 Å². The van der Waals surface area contributed by atoms with Crippen molar-refractivity contribution in [3.63, 3.8) is 0 Å². The molecule has 5 rings (SSSR count). The second kappa shape index (κ2) is 11.3. The standard InChI is InChI=1S/C35H53F3O4S/c1-31(2,3)30(39)21-26(43(41,42)25-9-7-6-8-10-25)14-11-23-13-16-28-27-15-12-24-22-34(40,35(36,37)38)20-19-33(24,5)29(27)17-18-32(23,28)4/h6-10,23-24,26-30,39-40H,11-22H2,1-5H3/t23?,24?,26?,27?,28?,29?,30?,32?,33?,34-/m0/s1. The van der Waals surface area contributed by atoms with Gasteiger partial charge in [0.25, 0.3) is 0 Å². The van der Waals surface area contributed by atoms with Crippen molar-refractivity contribution >= 4 is 9.84 Å². The third kappa shape index (κ3) is 5.84. The summed E-state index contributed by atoms with van der Waals surface area (Å²) in [6.45, 7) is 10.4. The van der Waals surface area contributed by atoms with Crippen molar-refractivity contribution in [1.29, 1.82) is 0 Å². The predicted octanol–water partition coefficient (Wildman–Crippen LogP) is 8.36. The van der Waals surface area contributed by atoms with Crippen LogP contribution in [0.2, 0.25) is 0 Å². The summed E-state index contributed by atoms with van der Waals surface area (Å²) in [5.41, 5.74) is -3.05. The van der Waals surface area contributed by atoms with Crippen LogP contribution in [-0.2, 0) is 9.84 Å². The molecule has 1 aromatic carbocycles. The Hall–Kier alpha value is -1.12. The van der Waals surface area contributed by atoms with Crippen LogP contribution in [0, 0.1) is 45.8 Å². The summed E-state index contributed by atoms with van der Waals surface area (Å²) >= 11 is 0. The first-order chi connectivity index (χ1) is 19.8. The zero-order valence-electron chi connectivity index (χ0n) is 26.7. The number of hydrogen-bond donors (Lipinski definition) is 2. The zero-order valence-corrected chi connectivity index (χ0v) is 27.5. The summed E-state index contributed by atoms with van der Waals surface area (Å²) in [4.78, 5) is 0.312. The third-order valence-corrected chi connectivity index (χ3v) is 15.5. The third-order valence-electron chi connectivity index (χ3n) is 13.3. The molecule has 0 aromatic heterocycles. The number of alkyl halides is 3. The first kappa shape index (κ1) is 33.2. The van der Waals surface area contributed by atoms with Gasteiger partial charge in [0, 0.05) is 0 Å². The van der Waals surface area contributed by atoms with Crippen LogP contribution in [0.1, 0.15) is 112 Å². The van der Waals surface area contributed by atoms with Gasteiger partial charge in [-0.1, -0.05) is 52.8 Å². The second-order valence-electron chi connectivity index (χ2n) is 16.4. The highest BCUT2D eigenvalue weighted by atomic mass is 32.2.